The molecule has 25 heavy (non-hydrogen) atoms. The van der Waals surface area contributed by atoms with Crippen LogP contribution in [0.25, 0.3) is 0 Å². The maximum atomic E-state index is 13.0. The van der Waals surface area contributed by atoms with Crippen LogP contribution in [0.3, 0.4) is 0 Å². The lowest BCUT2D eigenvalue weighted by molar-refractivity contribution is -0.128. The Morgan fingerprint density at radius 1 is 1.04 bits per heavy atom. The highest BCUT2D eigenvalue weighted by Crippen LogP contribution is 2.28. The minimum Gasteiger partial charge on any atom is -0.344 e. The van der Waals surface area contributed by atoms with E-state index in [2.05, 4.69) is 11.4 Å². The summed E-state index contributed by atoms with van der Waals surface area (Å²) in [5.74, 6) is -0.118. The number of hydrogen-bond acceptors (Lipinski definition) is 2. The SMILES string of the molecule is CC(C)[C@H](NC(=O)Cc1ccccc1)C(=O)N1CCc2ccccc21. The van der Waals surface area contributed by atoms with E-state index in [1.54, 1.807) is 0 Å². The highest BCUT2D eigenvalue weighted by molar-refractivity contribution is 6.01. The standard InChI is InChI=1S/C21H24N2O2/c1-15(2)20(22-19(24)14-16-8-4-3-5-9-16)21(25)23-13-12-17-10-6-7-11-18(17)23/h3-11,15,20H,12-14H2,1-2H3,(H,22,24)/t20-/m0/s1. The lowest BCUT2D eigenvalue weighted by Crippen LogP contribution is -2.51. The number of carbonyl (C=O) groups excluding carboxylic acids is 2. The van der Waals surface area contributed by atoms with Crippen molar-refractivity contribution in [1.29, 1.82) is 0 Å². The summed E-state index contributed by atoms with van der Waals surface area (Å²) in [6.45, 7) is 4.61. The molecule has 2 aromatic rings. The molecular weight excluding hydrogens is 312 g/mol. The van der Waals surface area contributed by atoms with Crippen LogP contribution in [0.2, 0.25) is 0 Å². The molecule has 0 radical (unpaired) electrons. The topological polar surface area (TPSA) is 49.4 Å². The Morgan fingerprint density at radius 3 is 2.44 bits per heavy atom. The van der Waals surface area contributed by atoms with E-state index >= 15 is 0 Å². The Morgan fingerprint density at radius 2 is 1.72 bits per heavy atom. The first-order chi connectivity index (χ1) is 12.1. The van der Waals surface area contributed by atoms with Crippen molar-refractivity contribution in [3.8, 4) is 0 Å². The van der Waals surface area contributed by atoms with Crippen molar-refractivity contribution >= 4 is 17.5 Å². The summed E-state index contributed by atoms with van der Waals surface area (Å²) in [6, 6.07) is 17.0. The van der Waals surface area contributed by atoms with Crippen LogP contribution >= 0.6 is 0 Å². The normalized spacial score (nSPS) is 14.3. The molecule has 1 aliphatic heterocycles. The molecule has 0 spiro atoms. The first-order valence-electron chi connectivity index (χ1n) is 8.79. The summed E-state index contributed by atoms with van der Waals surface area (Å²) >= 11 is 0. The number of carbonyl (C=O) groups is 2. The van der Waals surface area contributed by atoms with E-state index in [9.17, 15) is 9.59 Å². The predicted octanol–water partition coefficient (Wildman–Crippen LogP) is 2.96. The molecule has 0 bridgehead atoms. The van der Waals surface area contributed by atoms with E-state index in [0.717, 1.165) is 17.7 Å². The number of nitrogens with zero attached hydrogens (tertiary/aromatic N) is 1. The van der Waals surface area contributed by atoms with Gasteiger partial charge in [-0.3, -0.25) is 9.59 Å². The largest absolute Gasteiger partial charge is 0.344 e. The molecule has 0 fully saturated rings. The van der Waals surface area contributed by atoms with Crippen LogP contribution in [0.5, 0.6) is 0 Å². The van der Waals surface area contributed by atoms with Gasteiger partial charge in [0.1, 0.15) is 6.04 Å². The smallest absolute Gasteiger partial charge is 0.249 e. The van der Waals surface area contributed by atoms with Crippen LogP contribution in [0.15, 0.2) is 54.6 Å². The second kappa shape index (κ2) is 7.51. The van der Waals surface area contributed by atoms with Crippen LogP contribution in [-0.4, -0.2) is 24.4 Å². The fraction of sp³-hybridized carbons (Fsp3) is 0.333. The van der Waals surface area contributed by atoms with Gasteiger partial charge in [-0.1, -0.05) is 62.4 Å². The van der Waals surface area contributed by atoms with Gasteiger partial charge in [-0.25, -0.2) is 0 Å². The van der Waals surface area contributed by atoms with E-state index in [4.69, 9.17) is 0 Å². The van der Waals surface area contributed by atoms with Gasteiger partial charge in [0.15, 0.2) is 0 Å². The Hall–Kier alpha value is -2.62. The zero-order chi connectivity index (χ0) is 17.8. The number of benzene rings is 2. The van der Waals surface area contributed by atoms with Crippen molar-refractivity contribution < 1.29 is 9.59 Å². The third-order valence-corrected chi connectivity index (χ3v) is 4.61. The number of amides is 2. The third-order valence-electron chi connectivity index (χ3n) is 4.61. The van der Waals surface area contributed by atoms with Crippen LogP contribution in [-0.2, 0) is 22.4 Å². The van der Waals surface area contributed by atoms with Gasteiger partial charge in [0.05, 0.1) is 6.42 Å². The molecule has 2 amide bonds. The first kappa shape index (κ1) is 17.2. The molecule has 1 atom stereocenters. The van der Waals surface area contributed by atoms with Crippen molar-refractivity contribution in [2.45, 2.75) is 32.7 Å². The van der Waals surface area contributed by atoms with Gasteiger partial charge in [-0.15, -0.1) is 0 Å². The maximum Gasteiger partial charge on any atom is 0.249 e. The zero-order valence-corrected chi connectivity index (χ0v) is 14.7. The summed E-state index contributed by atoms with van der Waals surface area (Å²) in [7, 11) is 0. The average molecular weight is 336 g/mol. The number of fused-ring (bicyclic) bond motifs is 1. The van der Waals surface area contributed by atoms with Gasteiger partial charge in [-0.05, 0) is 29.5 Å². The minimum absolute atomic E-state index is 0.0265. The molecule has 4 nitrogen and oxygen atoms in total. The highest BCUT2D eigenvalue weighted by atomic mass is 16.2. The first-order valence-corrected chi connectivity index (χ1v) is 8.79. The molecule has 3 rings (SSSR count). The monoisotopic (exact) mass is 336 g/mol. The van der Waals surface area contributed by atoms with Crippen LogP contribution in [0.1, 0.15) is 25.0 Å². The molecule has 2 aromatic carbocycles. The highest BCUT2D eigenvalue weighted by Gasteiger charge is 2.32. The second-order valence-corrected chi connectivity index (χ2v) is 6.82. The summed E-state index contributed by atoms with van der Waals surface area (Å²) in [5.41, 5.74) is 3.10. The van der Waals surface area contributed by atoms with Crippen LogP contribution in [0.4, 0.5) is 5.69 Å². The molecule has 0 saturated carbocycles. The van der Waals surface area contributed by atoms with Crippen molar-refractivity contribution in [3.63, 3.8) is 0 Å². The lowest BCUT2D eigenvalue weighted by atomic mass is 10.0. The Labute approximate surface area is 148 Å². The molecular formula is C21H24N2O2. The van der Waals surface area contributed by atoms with Crippen LogP contribution in [0, 0.1) is 5.92 Å². The van der Waals surface area contributed by atoms with Gasteiger partial charge in [0, 0.05) is 12.2 Å². The molecule has 0 unspecified atom stereocenters. The quantitative estimate of drug-likeness (QED) is 0.912. The molecule has 0 aromatic heterocycles. The Kier molecular flexibility index (Phi) is 5.17. The van der Waals surface area contributed by atoms with Crippen molar-refractivity contribution in [2.75, 3.05) is 11.4 Å². The van der Waals surface area contributed by atoms with Gasteiger partial charge < -0.3 is 10.2 Å². The molecule has 4 heteroatoms. The Bertz CT molecular complexity index is 756. The van der Waals surface area contributed by atoms with Crippen molar-refractivity contribution in [3.05, 3.63) is 65.7 Å². The summed E-state index contributed by atoms with van der Waals surface area (Å²) in [4.78, 5) is 27.3. The lowest BCUT2D eigenvalue weighted by Gasteiger charge is -2.27. The predicted molar refractivity (Wildman–Crippen MR) is 99.4 cm³/mol. The van der Waals surface area contributed by atoms with Crippen LogP contribution < -0.4 is 10.2 Å². The number of hydrogen-bond donors (Lipinski definition) is 1. The van der Waals surface area contributed by atoms with E-state index in [0.29, 0.717) is 6.54 Å². The number of rotatable bonds is 5. The minimum atomic E-state index is -0.512. The molecule has 1 aliphatic rings. The van der Waals surface area contributed by atoms with Gasteiger partial charge in [0.25, 0.3) is 0 Å². The fourth-order valence-corrected chi connectivity index (χ4v) is 3.25. The Balaban J connectivity index is 1.71. The van der Waals surface area contributed by atoms with Crippen molar-refractivity contribution in [2.24, 2.45) is 5.92 Å². The summed E-state index contributed by atoms with van der Waals surface area (Å²) < 4.78 is 0. The van der Waals surface area contributed by atoms with E-state index in [-0.39, 0.29) is 24.2 Å². The van der Waals surface area contributed by atoms with E-state index in [1.807, 2.05) is 67.3 Å². The molecule has 0 aliphatic carbocycles. The van der Waals surface area contributed by atoms with E-state index in [1.165, 1.54) is 5.56 Å². The number of nitrogens with one attached hydrogen (secondary N) is 1. The fourth-order valence-electron chi connectivity index (χ4n) is 3.25. The molecule has 130 valence electrons. The summed E-state index contributed by atoms with van der Waals surface area (Å²) in [6.07, 6.45) is 1.15. The van der Waals surface area contributed by atoms with Gasteiger partial charge in [-0.2, -0.15) is 0 Å². The molecule has 1 N–H and O–H groups in total. The number of para-hydroxylation sites is 1. The number of anilines is 1. The molecule has 1 heterocycles. The second-order valence-electron chi connectivity index (χ2n) is 6.82. The molecule has 0 saturated heterocycles. The van der Waals surface area contributed by atoms with Gasteiger partial charge in [0.2, 0.25) is 11.8 Å². The van der Waals surface area contributed by atoms with Crippen molar-refractivity contribution in [1.82, 2.24) is 5.32 Å². The average Bonchev–Trinajstić information content (AvgIpc) is 3.04. The zero-order valence-electron chi connectivity index (χ0n) is 14.7. The summed E-state index contributed by atoms with van der Waals surface area (Å²) in [5, 5.41) is 2.94. The van der Waals surface area contributed by atoms with E-state index < -0.39 is 6.04 Å². The van der Waals surface area contributed by atoms with Gasteiger partial charge >= 0.3 is 0 Å². The third kappa shape index (κ3) is 3.90. The maximum absolute atomic E-state index is 13.0.